The molecule has 0 bridgehead atoms. The van der Waals surface area contributed by atoms with Crippen molar-refractivity contribution in [3.63, 3.8) is 0 Å². The quantitative estimate of drug-likeness (QED) is 0.827. The molecule has 0 unspecified atom stereocenters. The van der Waals surface area contributed by atoms with Gasteiger partial charge in [0.15, 0.2) is 5.82 Å². The van der Waals surface area contributed by atoms with Crippen molar-refractivity contribution in [2.75, 3.05) is 18.9 Å². The Morgan fingerprint density at radius 3 is 3.04 bits per heavy atom. The molecule has 1 aliphatic heterocycles. The van der Waals surface area contributed by atoms with Gasteiger partial charge in [-0.3, -0.25) is 4.79 Å². The number of nitrogens with one attached hydrogen (secondary N) is 1. The standard InChI is InChI=1S/C18H25N5O2/c1-11(24)20-8-4-5-12-9-25-10-15-22-16-17(23(12)15)13-6-2-3-7-14(13)21-18(16)19/h12H,2-10H2,1H3,(H2,19,21)(H,20,24)/t12-/m0/s1. The van der Waals surface area contributed by atoms with Gasteiger partial charge in [0.25, 0.3) is 0 Å². The molecule has 0 radical (unpaired) electrons. The monoisotopic (exact) mass is 343 g/mol. The Bertz CT molecular complexity index is 814. The first-order valence-electron chi connectivity index (χ1n) is 9.15. The van der Waals surface area contributed by atoms with Crippen molar-refractivity contribution in [2.24, 2.45) is 0 Å². The number of nitrogens with zero attached hydrogens (tertiary/aromatic N) is 3. The molecule has 2 aromatic heterocycles. The highest BCUT2D eigenvalue weighted by Crippen LogP contribution is 2.36. The van der Waals surface area contributed by atoms with Gasteiger partial charge in [0.2, 0.25) is 5.91 Å². The van der Waals surface area contributed by atoms with E-state index in [4.69, 9.17) is 15.5 Å². The van der Waals surface area contributed by atoms with E-state index in [2.05, 4.69) is 14.9 Å². The Hall–Kier alpha value is -2.15. The molecule has 25 heavy (non-hydrogen) atoms. The topological polar surface area (TPSA) is 95.1 Å². The lowest BCUT2D eigenvalue weighted by Crippen LogP contribution is -2.26. The fraction of sp³-hybridized carbons (Fsp3) is 0.611. The Morgan fingerprint density at radius 2 is 2.20 bits per heavy atom. The molecule has 0 fully saturated rings. The van der Waals surface area contributed by atoms with E-state index in [1.165, 1.54) is 23.9 Å². The molecule has 7 nitrogen and oxygen atoms in total. The number of fused-ring (bicyclic) bond motifs is 5. The molecule has 0 aromatic carbocycles. The molecule has 2 aliphatic rings. The summed E-state index contributed by atoms with van der Waals surface area (Å²) in [5, 5.41) is 2.86. The highest BCUT2D eigenvalue weighted by molar-refractivity contribution is 5.89. The number of amides is 1. The number of carbonyl (C=O) groups excluding carboxylic acids is 1. The summed E-state index contributed by atoms with van der Waals surface area (Å²) in [5.41, 5.74) is 10.7. The highest BCUT2D eigenvalue weighted by atomic mass is 16.5. The molecule has 2 aromatic rings. The molecule has 0 saturated carbocycles. The smallest absolute Gasteiger partial charge is 0.216 e. The Balaban J connectivity index is 1.71. The van der Waals surface area contributed by atoms with Crippen LogP contribution < -0.4 is 11.1 Å². The second-order valence-electron chi connectivity index (χ2n) is 7.02. The predicted octanol–water partition coefficient (Wildman–Crippen LogP) is 1.88. The molecule has 1 amide bonds. The summed E-state index contributed by atoms with van der Waals surface area (Å²) < 4.78 is 8.11. The van der Waals surface area contributed by atoms with Crippen molar-refractivity contribution in [3.05, 3.63) is 17.1 Å². The third-order valence-corrected chi connectivity index (χ3v) is 5.20. The number of pyridine rings is 1. The molecule has 0 saturated heterocycles. The Kier molecular flexibility index (Phi) is 4.33. The molecule has 0 spiro atoms. The minimum absolute atomic E-state index is 0.0154. The van der Waals surface area contributed by atoms with Gasteiger partial charge < -0.3 is 20.4 Å². The molecule has 1 aliphatic carbocycles. The van der Waals surface area contributed by atoms with E-state index >= 15 is 0 Å². The van der Waals surface area contributed by atoms with Gasteiger partial charge in [-0.15, -0.1) is 0 Å². The number of hydrogen-bond donors (Lipinski definition) is 2. The van der Waals surface area contributed by atoms with E-state index in [1.54, 1.807) is 6.92 Å². The van der Waals surface area contributed by atoms with Crippen molar-refractivity contribution < 1.29 is 9.53 Å². The van der Waals surface area contributed by atoms with Crippen LogP contribution in [0.2, 0.25) is 0 Å². The number of hydrogen-bond acceptors (Lipinski definition) is 5. The maximum Gasteiger partial charge on any atom is 0.216 e. The van der Waals surface area contributed by atoms with Crippen molar-refractivity contribution >= 4 is 22.8 Å². The molecule has 7 heteroatoms. The van der Waals surface area contributed by atoms with Crippen LogP contribution in [0.25, 0.3) is 11.0 Å². The first-order chi connectivity index (χ1) is 12.1. The van der Waals surface area contributed by atoms with E-state index in [1.807, 2.05) is 0 Å². The van der Waals surface area contributed by atoms with Crippen molar-refractivity contribution in [2.45, 2.75) is 58.1 Å². The fourth-order valence-electron chi connectivity index (χ4n) is 4.08. The zero-order valence-corrected chi connectivity index (χ0v) is 14.7. The first-order valence-corrected chi connectivity index (χ1v) is 9.15. The van der Waals surface area contributed by atoms with Crippen LogP contribution in [0.15, 0.2) is 0 Å². The van der Waals surface area contributed by atoms with E-state index in [-0.39, 0.29) is 11.9 Å². The van der Waals surface area contributed by atoms with E-state index in [0.717, 1.165) is 42.7 Å². The summed E-state index contributed by atoms with van der Waals surface area (Å²) >= 11 is 0. The number of ether oxygens (including phenoxy) is 1. The number of anilines is 1. The second kappa shape index (κ2) is 6.63. The normalized spacial score (nSPS) is 19.5. The summed E-state index contributed by atoms with van der Waals surface area (Å²) in [6.45, 7) is 3.43. The maximum atomic E-state index is 11.1. The van der Waals surface area contributed by atoms with Crippen molar-refractivity contribution in [3.8, 4) is 0 Å². The van der Waals surface area contributed by atoms with Gasteiger partial charge in [0.1, 0.15) is 17.9 Å². The van der Waals surface area contributed by atoms with E-state index < -0.39 is 0 Å². The minimum atomic E-state index is 0.0154. The van der Waals surface area contributed by atoms with Gasteiger partial charge in [0.05, 0.1) is 18.2 Å². The van der Waals surface area contributed by atoms with Gasteiger partial charge in [-0.05, 0) is 44.1 Å². The number of nitrogen functional groups attached to an aromatic ring is 1. The number of aryl methyl sites for hydroxylation is 2. The number of rotatable bonds is 4. The Labute approximate surface area is 147 Å². The lowest BCUT2D eigenvalue weighted by Gasteiger charge is -2.28. The first kappa shape index (κ1) is 16.3. The van der Waals surface area contributed by atoms with Gasteiger partial charge in [-0.2, -0.15) is 0 Å². The van der Waals surface area contributed by atoms with Gasteiger partial charge in [-0.1, -0.05) is 0 Å². The molecule has 1 atom stereocenters. The molecular weight excluding hydrogens is 318 g/mol. The summed E-state index contributed by atoms with van der Waals surface area (Å²) in [7, 11) is 0. The third kappa shape index (κ3) is 2.97. The average Bonchev–Trinajstić information content (AvgIpc) is 3.00. The maximum absolute atomic E-state index is 11.1. The second-order valence-corrected chi connectivity index (χ2v) is 7.02. The lowest BCUT2D eigenvalue weighted by molar-refractivity contribution is -0.118. The minimum Gasteiger partial charge on any atom is -0.382 e. The highest BCUT2D eigenvalue weighted by Gasteiger charge is 2.28. The Morgan fingerprint density at radius 1 is 1.36 bits per heavy atom. The number of aromatic nitrogens is 3. The van der Waals surface area contributed by atoms with Crippen LogP contribution in [0.4, 0.5) is 5.82 Å². The van der Waals surface area contributed by atoms with Gasteiger partial charge in [-0.25, -0.2) is 9.97 Å². The number of nitrogens with two attached hydrogens (primary N) is 1. The van der Waals surface area contributed by atoms with Crippen LogP contribution in [0.3, 0.4) is 0 Å². The number of carbonyl (C=O) groups is 1. The molecule has 4 rings (SSSR count). The van der Waals surface area contributed by atoms with Crippen LogP contribution in [0, 0.1) is 0 Å². The van der Waals surface area contributed by atoms with Crippen LogP contribution in [0.1, 0.15) is 55.7 Å². The van der Waals surface area contributed by atoms with Crippen molar-refractivity contribution in [1.82, 2.24) is 19.9 Å². The summed E-state index contributed by atoms with van der Waals surface area (Å²) in [6, 6.07) is 0.232. The summed E-state index contributed by atoms with van der Waals surface area (Å²) in [5.74, 6) is 1.49. The SMILES string of the molecule is CC(=O)NCCC[C@H]1COCc2nc3c(N)nc4c(c3n21)CCCC4. The third-order valence-electron chi connectivity index (χ3n) is 5.20. The zero-order chi connectivity index (χ0) is 17.4. The van der Waals surface area contributed by atoms with Crippen molar-refractivity contribution in [1.29, 1.82) is 0 Å². The van der Waals surface area contributed by atoms with Gasteiger partial charge in [0, 0.05) is 19.2 Å². The largest absolute Gasteiger partial charge is 0.382 e. The number of imidazole rings is 1. The molecular formula is C18H25N5O2. The summed E-state index contributed by atoms with van der Waals surface area (Å²) in [6.07, 6.45) is 6.27. The lowest BCUT2D eigenvalue weighted by atomic mass is 9.94. The summed E-state index contributed by atoms with van der Waals surface area (Å²) in [4.78, 5) is 20.4. The van der Waals surface area contributed by atoms with Crippen LogP contribution in [-0.2, 0) is 29.0 Å². The van der Waals surface area contributed by atoms with Crippen LogP contribution >= 0.6 is 0 Å². The molecule has 3 heterocycles. The predicted molar refractivity (Wildman–Crippen MR) is 95.2 cm³/mol. The molecule has 134 valence electrons. The fourth-order valence-corrected chi connectivity index (χ4v) is 4.08. The zero-order valence-electron chi connectivity index (χ0n) is 14.7. The van der Waals surface area contributed by atoms with Crippen LogP contribution in [-0.4, -0.2) is 33.6 Å². The van der Waals surface area contributed by atoms with Gasteiger partial charge >= 0.3 is 0 Å². The van der Waals surface area contributed by atoms with E-state index in [0.29, 0.717) is 25.6 Å². The molecule has 3 N–H and O–H groups in total. The average molecular weight is 343 g/mol. The van der Waals surface area contributed by atoms with Crippen LogP contribution in [0.5, 0.6) is 0 Å². The van der Waals surface area contributed by atoms with E-state index in [9.17, 15) is 4.79 Å².